The summed E-state index contributed by atoms with van der Waals surface area (Å²) in [5, 5.41) is 10.7. The van der Waals surface area contributed by atoms with Crippen molar-refractivity contribution in [1.29, 1.82) is 0 Å². The van der Waals surface area contributed by atoms with Crippen molar-refractivity contribution in [2.75, 3.05) is 7.11 Å². The van der Waals surface area contributed by atoms with Gasteiger partial charge in [0.05, 0.1) is 18.3 Å². The number of aromatic nitrogens is 4. The first-order valence-electron chi connectivity index (χ1n) is 9.18. The number of rotatable bonds is 5. The van der Waals surface area contributed by atoms with Gasteiger partial charge in [0, 0.05) is 22.8 Å². The van der Waals surface area contributed by atoms with Crippen LogP contribution in [0.15, 0.2) is 70.4 Å². The lowest BCUT2D eigenvalue weighted by Crippen LogP contribution is -1.95. The molecule has 6 nitrogen and oxygen atoms in total. The Morgan fingerprint density at radius 2 is 1.93 bits per heavy atom. The Bertz CT molecular complexity index is 1310. The summed E-state index contributed by atoms with van der Waals surface area (Å²) in [6, 6.07) is 18.0. The molecule has 5 aromatic rings. The van der Waals surface area contributed by atoms with Gasteiger partial charge in [-0.15, -0.1) is 10.2 Å². The third kappa shape index (κ3) is 3.23. The van der Waals surface area contributed by atoms with Crippen molar-refractivity contribution < 1.29 is 9.15 Å². The summed E-state index contributed by atoms with van der Waals surface area (Å²) < 4.78 is 13.1. The molecular formula is C22H18N4O2S. The maximum atomic E-state index is 5.64. The predicted octanol–water partition coefficient (Wildman–Crippen LogP) is 5.15. The first-order chi connectivity index (χ1) is 14.2. The monoisotopic (exact) mass is 402 g/mol. The van der Waals surface area contributed by atoms with Crippen molar-refractivity contribution in [3.05, 3.63) is 72.1 Å². The second-order valence-electron chi connectivity index (χ2n) is 6.69. The molecule has 144 valence electrons. The normalized spacial score (nSPS) is 11.4. The molecule has 7 heteroatoms. The average Bonchev–Trinajstić information content (AvgIpc) is 3.39. The van der Waals surface area contributed by atoms with Crippen molar-refractivity contribution in [2.45, 2.75) is 17.8 Å². The molecule has 0 saturated heterocycles. The summed E-state index contributed by atoms with van der Waals surface area (Å²) in [7, 11) is 1.67. The van der Waals surface area contributed by atoms with E-state index >= 15 is 0 Å². The first kappa shape index (κ1) is 17.8. The van der Waals surface area contributed by atoms with Gasteiger partial charge < -0.3 is 9.15 Å². The van der Waals surface area contributed by atoms with Gasteiger partial charge in [-0.3, -0.25) is 4.40 Å². The summed E-state index contributed by atoms with van der Waals surface area (Å²) >= 11 is 1.58. The van der Waals surface area contributed by atoms with Crippen LogP contribution in [-0.2, 0) is 5.75 Å². The Hall–Kier alpha value is -3.32. The third-order valence-corrected chi connectivity index (χ3v) is 5.76. The third-order valence-electron chi connectivity index (χ3n) is 4.80. The van der Waals surface area contributed by atoms with Gasteiger partial charge >= 0.3 is 0 Å². The molecule has 0 atom stereocenters. The van der Waals surface area contributed by atoms with Gasteiger partial charge in [0.15, 0.2) is 10.8 Å². The van der Waals surface area contributed by atoms with E-state index in [0.29, 0.717) is 11.6 Å². The molecule has 29 heavy (non-hydrogen) atoms. The molecule has 3 aromatic heterocycles. The van der Waals surface area contributed by atoms with E-state index in [4.69, 9.17) is 9.15 Å². The maximum absolute atomic E-state index is 5.64. The number of nitrogens with zero attached hydrogens (tertiary/aromatic N) is 4. The number of benzene rings is 2. The molecule has 0 spiro atoms. The number of oxazole rings is 1. The van der Waals surface area contributed by atoms with Crippen LogP contribution in [0.25, 0.3) is 28.0 Å². The van der Waals surface area contributed by atoms with E-state index in [2.05, 4.69) is 38.6 Å². The van der Waals surface area contributed by atoms with Gasteiger partial charge in [-0.25, -0.2) is 4.98 Å². The lowest BCUT2D eigenvalue weighted by atomic mass is 10.1. The van der Waals surface area contributed by atoms with Crippen LogP contribution in [0.1, 0.15) is 11.3 Å². The highest BCUT2D eigenvalue weighted by Crippen LogP contribution is 2.30. The number of hydrogen-bond acceptors (Lipinski definition) is 6. The molecular weight excluding hydrogens is 384 g/mol. The van der Waals surface area contributed by atoms with Crippen molar-refractivity contribution in [1.82, 2.24) is 19.6 Å². The summed E-state index contributed by atoms with van der Waals surface area (Å²) in [5.41, 5.74) is 4.82. The number of hydrogen-bond donors (Lipinski definition) is 0. The molecule has 0 N–H and O–H groups in total. The molecule has 0 fully saturated rings. The van der Waals surface area contributed by atoms with Gasteiger partial charge in [-0.1, -0.05) is 30.0 Å². The van der Waals surface area contributed by atoms with Crippen LogP contribution in [0.3, 0.4) is 0 Å². The van der Waals surface area contributed by atoms with E-state index in [9.17, 15) is 0 Å². The molecule has 0 bridgehead atoms. The Balaban J connectivity index is 1.48. The average molecular weight is 402 g/mol. The molecule has 0 amide bonds. The minimum atomic E-state index is 0.623. The highest BCUT2D eigenvalue weighted by atomic mass is 32.2. The van der Waals surface area contributed by atoms with Crippen LogP contribution in [0, 0.1) is 6.92 Å². The number of methoxy groups -OCH3 is 1. The summed E-state index contributed by atoms with van der Waals surface area (Å²) in [6.07, 6.45) is 1.70. The topological polar surface area (TPSA) is 65.5 Å². The van der Waals surface area contributed by atoms with Crippen molar-refractivity contribution >= 4 is 28.3 Å². The lowest BCUT2D eigenvalue weighted by molar-refractivity contribution is 0.415. The van der Waals surface area contributed by atoms with Gasteiger partial charge in [0.2, 0.25) is 5.89 Å². The smallest absolute Gasteiger partial charge is 0.226 e. The maximum Gasteiger partial charge on any atom is 0.226 e. The first-order valence-corrected chi connectivity index (χ1v) is 10.2. The highest BCUT2D eigenvalue weighted by Gasteiger charge is 2.14. The molecule has 0 unspecified atom stereocenters. The fraction of sp³-hybridized carbons (Fsp3) is 0.136. The summed E-state index contributed by atoms with van der Waals surface area (Å²) in [5.74, 6) is 2.06. The minimum absolute atomic E-state index is 0.623. The highest BCUT2D eigenvalue weighted by molar-refractivity contribution is 7.98. The second kappa shape index (κ2) is 7.25. The fourth-order valence-electron chi connectivity index (χ4n) is 3.35. The van der Waals surface area contributed by atoms with Crippen LogP contribution in [0.2, 0.25) is 0 Å². The van der Waals surface area contributed by atoms with E-state index in [1.54, 1.807) is 25.1 Å². The lowest BCUT2D eigenvalue weighted by Gasteiger charge is -2.09. The van der Waals surface area contributed by atoms with Crippen LogP contribution in [-0.4, -0.2) is 26.7 Å². The predicted molar refractivity (Wildman–Crippen MR) is 113 cm³/mol. The van der Waals surface area contributed by atoms with Gasteiger partial charge in [-0.2, -0.15) is 0 Å². The van der Waals surface area contributed by atoms with Crippen molar-refractivity contribution in [2.24, 2.45) is 0 Å². The zero-order valence-corrected chi connectivity index (χ0v) is 16.8. The van der Waals surface area contributed by atoms with Crippen LogP contribution in [0.4, 0.5) is 0 Å². The Morgan fingerprint density at radius 1 is 1.07 bits per heavy atom. The summed E-state index contributed by atoms with van der Waals surface area (Å²) in [6.45, 7) is 2.08. The van der Waals surface area contributed by atoms with E-state index in [1.165, 1.54) is 0 Å². The minimum Gasteiger partial charge on any atom is -0.497 e. The zero-order valence-electron chi connectivity index (χ0n) is 16.0. The number of ether oxygens (including phenoxy) is 1. The van der Waals surface area contributed by atoms with E-state index in [-0.39, 0.29) is 0 Å². The largest absolute Gasteiger partial charge is 0.497 e. The number of thioether (sulfide) groups is 1. The van der Waals surface area contributed by atoms with Gasteiger partial charge in [0.25, 0.3) is 0 Å². The standard InChI is InChI=1S/C22H18N4O2S/c1-14-10-20-24-25-22(26(20)19-11-17(27-2)8-9-18(14)19)29-13-16-12-28-21(23-16)15-6-4-3-5-7-15/h3-12H,13H2,1-2H3. The van der Waals surface area contributed by atoms with E-state index in [1.807, 2.05) is 42.5 Å². The number of fused-ring (bicyclic) bond motifs is 3. The van der Waals surface area contributed by atoms with Gasteiger partial charge in [-0.05, 0) is 42.8 Å². The molecule has 3 heterocycles. The zero-order chi connectivity index (χ0) is 19.8. The van der Waals surface area contributed by atoms with Crippen molar-refractivity contribution in [3.63, 3.8) is 0 Å². The van der Waals surface area contributed by atoms with Crippen LogP contribution in [0.5, 0.6) is 5.75 Å². The number of pyridine rings is 1. The molecule has 0 saturated carbocycles. The van der Waals surface area contributed by atoms with Crippen LogP contribution >= 0.6 is 11.8 Å². The Morgan fingerprint density at radius 3 is 2.76 bits per heavy atom. The Labute approximate surface area is 171 Å². The fourth-order valence-corrected chi connectivity index (χ4v) is 4.18. The SMILES string of the molecule is COc1ccc2c(C)cc3nnc(SCc4coc(-c5ccccc5)n4)n3c2c1. The van der Waals surface area contributed by atoms with E-state index < -0.39 is 0 Å². The molecule has 0 radical (unpaired) electrons. The Kier molecular flexibility index (Phi) is 4.44. The molecule has 0 aliphatic heterocycles. The molecule has 2 aromatic carbocycles. The van der Waals surface area contributed by atoms with Crippen molar-refractivity contribution in [3.8, 4) is 17.2 Å². The van der Waals surface area contributed by atoms with Gasteiger partial charge in [0.1, 0.15) is 12.0 Å². The summed E-state index contributed by atoms with van der Waals surface area (Å²) in [4.78, 5) is 4.60. The quantitative estimate of drug-likeness (QED) is 0.379. The van der Waals surface area contributed by atoms with Crippen LogP contribution < -0.4 is 4.74 Å². The second-order valence-corrected chi connectivity index (χ2v) is 7.63. The number of aryl methyl sites for hydroxylation is 1. The van der Waals surface area contributed by atoms with E-state index in [0.717, 1.165) is 44.3 Å². The molecule has 0 aliphatic carbocycles. The molecule has 5 rings (SSSR count). The molecule has 0 aliphatic rings.